The van der Waals surface area contributed by atoms with Gasteiger partial charge in [0.05, 0.1) is 24.4 Å². The number of hydrogen-bond acceptors (Lipinski definition) is 3. The zero-order valence-corrected chi connectivity index (χ0v) is 18.7. The number of hydrogen-bond donors (Lipinski definition) is 2. The first-order chi connectivity index (χ1) is 14.0. The number of aliphatic hydroxyl groups is 1. The van der Waals surface area contributed by atoms with Crippen molar-refractivity contribution in [2.75, 3.05) is 13.2 Å². The molecule has 1 aliphatic rings. The third-order valence-electron chi connectivity index (χ3n) is 5.39. The molecule has 0 unspecified atom stereocenters. The number of aromatic nitrogens is 2. The van der Waals surface area contributed by atoms with Crippen LogP contribution >= 0.6 is 28.1 Å². The summed E-state index contributed by atoms with van der Waals surface area (Å²) in [6, 6.07) is 16.3. The summed E-state index contributed by atoms with van der Waals surface area (Å²) in [6.07, 6.45) is 1.80. The maximum Gasteiger partial charge on any atom is 0.170 e. The molecule has 2 N–H and O–H groups in total. The van der Waals surface area contributed by atoms with Gasteiger partial charge in [-0.2, -0.15) is 0 Å². The zero-order chi connectivity index (χ0) is 20.5. The van der Waals surface area contributed by atoms with E-state index in [2.05, 4.69) is 67.7 Å². The number of benzene rings is 1. The Morgan fingerprint density at radius 1 is 1.17 bits per heavy atom. The van der Waals surface area contributed by atoms with Crippen molar-refractivity contribution in [1.29, 1.82) is 0 Å². The largest absolute Gasteiger partial charge is 0.395 e. The lowest BCUT2D eigenvalue weighted by molar-refractivity contribution is 0.223. The monoisotopic (exact) mass is 470 g/mol. The van der Waals surface area contributed by atoms with Gasteiger partial charge in [0.15, 0.2) is 5.11 Å². The summed E-state index contributed by atoms with van der Waals surface area (Å²) in [7, 11) is 0. The van der Waals surface area contributed by atoms with Crippen LogP contribution < -0.4 is 5.32 Å². The number of β-amino-alcohol motifs (C(OH)–C–C–N with tert-alkyl or cyclic N) is 1. The van der Waals surface area contributed by atoms with Crippen LogP contribution in [0, 0.1) is 13.8 Å². The van der Waals surface area contributed by atoms with Crippen LogP contribution in [0.4, 0.5) is 0 Å². The van der Waals surface area contributed by atoms with Crippen LogP contribution in [0.25, 0.3) is 5.69 Å². The van der Waals surface area contributed by atoms with E-state index in [1.165, 1.54) is 5.56 Å². The molecule has 29 heavy (non-hydrogen) atoms. The molecule has 2 aromatic heterocycles. The van der Waals surface area contributed by atoms with Crippen molar-refractivity contribution in [3.05, 3.63) is 81.8 Å². The normalized spacial score (nSPS) is 18.9. The van der Waals surface area contributed by atoms with Crippen molar-refractivity contribution in [2.45, 2.75) is 25.9 Å². The highest BCUT2D eigenvalue weighted by atomic mass is 79.9. The molecule has 0 spiro atoms. The number of nitrogens with one attached hydrogen (secondary N) is 1. The van der Waals surface area contributed by atoms with Gasteiger partial charge in [0.25, 0.3) is 0 Å². The van der Waals surface area contributed by atoms with Crippen LogP contribution in [0.1, 0.15) is 34.7 Å². The van der Waals surface area contributed by atoms with E-state index in [-0.39, 0.29) is 18.7 Å². The van der Waals surface area contributed by atoms with Gasteiger partial charge in [-0.3, -0.25) is 4.98 Å². The quantitative estimate of drug-likeness (QED) is 0.546. The van der Waals surface area contributed by atoms with E-state index in [0.29, 0.717) is 11.7 Å². The highest BCUT2D eigenvalue weighted by molar-refractivity contribution is 9.10. The van der Waals surface area contributed by atoms with Crippen molar-refractivity contribution in [3.63, 3.8) is 0 Å². The van der Waals surface area contributed by atoms with Gasteiger partial charge in [0, 0.05) is 34.3 Å². The van der Waals surface area contributed by atoms with Crippen molar-refractivity contribution in [1.82, 2.24) is 19.8 Å². The maximum atomic E-state index is 9.65. The number of aryl methyl sites for hydroxylation is 1. The number of thiocarbonyl (C=S) groups is 1. The summed E-state index contributed by atoms with van der Waals surface area (Å²) in [6.45, 7) is 4.76. The molecule has 0 amide bonds. The predicted molar refractivity (Wildman–Crippen MR) is 122 cm³/mol. The molecule has 0 aliphatic carbocycles. The van der Waals surface area contributed by atoms with Crippen LogP contribution in [0.3, 0.4) is 0 Å². The molecule has 5 nitrogen and oxygen atoms in total. The molecule has 2 atom stereocenters. The molecule has 1 fully saturated rings. The average Bonchev–Trinajstić information content (AvgIpc) is 3.18. The lowest BCUT2D eigenvalue weighted by Gasteiger charge is -2.27. The summed E-state index contributed by atoms with van der Waals surface area (Å²) < 4.78 is 3.30. The fourth-order valence-corrected chi connectivity index (χ4v) is 4.91. The fourth-order valence-electron chi connectivity index (χ4n) is 4.19. The highest BCUT2D eigenvalue weighted by Gasteiger charge is 2.41. The van der Waals surface area contributed by atoms with Gasteiger partial charge in [-0.25, -0.2) is 0 Å². The Balaban J connectivity index is 1.84. The topological polar surface area (TPSA) is 53.3 Å². The number of nitrogens with zero attached hydrogens (tertiary/aromatic N) is 3. The number of pyridine rings is 1. The molecule has 7 heteroatoms. The van der Waals surface area contributed by atoms with Gasteiger partial charge in [-0.15, -0.1) is 0 Å². The Morgan fingerprint density at radius 2 is 2.00 bits per heavy atom. The van der Waals surface area contributed by atoms with Gasteiger partial charge in [0.1, 0.15) is 0 Å². The minimum Gasteiger partial charge on any atom is -0.395 e. The Kier molecular flexibility index (Phi) is 5.72. The fraction of sp³-hybridized carbons (Fsp3) is 0.273. The van der Waals surface area contributed by atoms with Crippen LogP contribution in [0.15, 0.2) is 59.2 Å². The van der Waals surface area contributed by atoms with Crippen molar-refractivity contribution < 1.29 is 5.11 Å². The van der Waals surface area contributed by atoms with E-state index in [0.717, 1.165) is 27.2 Å². The van der Waals surface area contributed by atoms with Gasteiger partial charge >= 0.3 is 0 Å². The van der Waals surface area contributed by atoms with Crippen LogP contribution in [0.5, 0.6) is 0 Å². The van der Waals surface area contributed by atoms with E-state index in [1.54, 1.807) is 6.20 Å². The Hall–Kier alpha value is -2.22. The summed E-state index contributed by atoms with van der Waals surface area (Å²) in [5, 5.41) is 13.7. The first kappa shape index (κ1) is 20.1. The maximum absolute atomic E-state index is 9.65. The third-order valence-corrected chi connectivity index (χ3v) is 6.24. The molecule has 0 radical (unpaired) electrons. The molecule has 1 aliphatic heterocycles. The second kappa shape index (κ2) is 8.26. The first-order valence-electron chi connectivity index (χ1n) is 9.55. The Labute approximate surface area is 184 Å². The van der Waals surface area contributed by atoms with E-state index in [1.807, 2.05) is 30.3 Å². The lowest BCUT2D eigenvalue weighted by Crippen LogP contribution is -2.32. The summed E-state index contributed by atoms with van der Waals surface area (Å²) in [5.41, 5.74) is 5.53. The molecule has 150 valence electrons. The van der Waals surface area contributed by atoms with Crippen LogP contribution in [-0.4, -0.2) is 37.8 Å². The van der Waals surface area contributed by atoms with Gasteiger partial charge in [0.2, 0.25) is 0 Å². The number of halogens is 1. The second-order valence-corrected chi connectivity index (χ2v) is 8.49. The molecule has 1 saturated heterocycles. The molecule has 0 saturated carbocycles. The lowest BCUT2D eigenvalue weighted by atomic mass is 9.97. The summed E-state index contributed by atoms with van der Waals surface area (Å²) in [4.78, 5) is 6.64. The van der Waals surface area contributed by atoms with E-state index >= 15 is 0 Å². The summed E-state index contributed by atoms with van der Waals surface area (Å²) in [5.74, 6) is 0. The molecular formula is C22H23BrN4OS. The number of aliphatic hydroxyl groups excluding tert-OH is 1. The molecular weight excluding hydrogens is 448 g/mol. The second-order valence-electron chi connectivity index (χ2n) is 7.19. The third kappa shape index (κ3) is 3.70. The van der Waals surface area contributed by atoms with E-state index < -0.39 is 0 Å². The predicted octanol–water partition coefficient (Wildman–Crippen LogP) is 4.22. The highest BCUT2D eigenvalue weighted by Crippen LogP contribution is 2.41. The van der Waals surface area contributed by atoms with Gasteiger partial charge in [-0.05, 0) is 68.0 Å². The molecule has 4 rings (SSSR count). The number of rotatable bonds is 5. The molecule has 1 aromatic carbocycles. The summed E-state index contributed by atoms with van der Waals surface area (Å²) >= 11 is 9.19. The van der Waals surface area contributed by atoms with E-state index in [4.69, 9.17) is 12.2 Å². The Morgan fingerprint density at radius 3 is 2.69 bits per heavy atom. The van der Waals surface area contributed by atoms with Gasteiger partial charge < -0.3 is 19.9 Å². The standard InChI is InChI=1S/C22H23BrN4OS/c1-14-12-18(15(2)27(14)17-7-5-6-16(23)13-17)21-20(19-8-3-4-9-24-19)25-22(29)26(21)10-11-28/h3-9,12-13,20-21,28H,10-11H2,1-2H3,(H,25,29)/t20-,21+/m0/s1. The van der Waals surface area contributed by atoms with Crippen LogP contribution in [0.2, 0.25) is 0 Å². The van der Waals surface area contributed by atoms with E-state index in [9.17, 15) is 5.11 Å². The molecule has 3 aromatic rings. The van der Waals surface area contributed by atoms with Crippen LogP contribution in [-0.2, 0) is 0 Å². The first-order valence-corrected chi connectivity index (χ1v) is 10.7. The molecule has 0 bridgehead atoms. The molecule has 3 heterocycles. The Bertz CT molecular complexity index is 1040. The van der Waals surface area contributed by atoms with Crippen molar-refractivity contribution in [2.24, 2.45) is 0 Å². The minimum absolute atomic E-state index is 0.0393. The van der Waals surface area contributed by atoms with Crippen molar-refractivity contribution in [3.8, 4) is 5.69 Å². The van der Waals surface area contributed by atoms with Crippen molar-refractivity contribution >= 4 is 33.3 Å². The minimum atomic E-state index is -0.0771. The SMILES string of the molecule is Cc1cc([C@@H]2[C@H](c3ccccn3)NC(=S)N2CCO)c(C)n1-c1cccc(Br)c1. The average molecular weight is 471 g/mol. The smallest absolute Gasteiger partial charge is 0.170 e. The van der Waals surface area contributed by atoms with Gasteiger partial charge in [-0.1, -0.05) is 28.1 Å². The zero-order valence-electron chi connectivity index (χ0n) is 16.3.